The number of rotatable bonds is 6. The van der Waals surface area contributed by atoms with E-state index in [1.54, 1.807) is 6.20 Å². The number of β-amino-alcohol motifs (C(OH)–C–C–N with tert-alkyl or cyclic N) is 1. The molecule has 6 nitrogen and oxygen atoms in total. The maximum atomic E-state index is 9.96. The minimum Gasteiger partial charge on any atom is -0.390 e. The second-order valence-corrected chi connectivity index (χ2v) is 4.79. The zero-order valence-electron chi connectivity index (χ0n) is 11.4. The summed E-state index contributed by atoms with van der Waals surface area (Å²) >= 11 is 0. The standard InChI is InChI=1S/C13H22N4O2/c1-11-15-3-2-12(16-11)8-14-9-13(18)10-17-4-6-19-7-5-17/h2-3,13-14,18H,4-10H2,1H3. The van der Waals surface area contributed by atoms with E-state index in [0.717, 1.165) is 37.8 Å². The van der Waals surface area contributed by atoms with Crippen molar-refractivity contribution in [1.29, 1.82) is 0 Å². The van der Waals surface area contributed by atoms with Gasteiger partial charge in [0.15, 0.2) is 0 Å². The van der Waals surface area contributed by atoms with Gasteiger partial charge in [-0.15, -0.1) is 0 Å². The van der Waals surface area contributed by atoms with Crippen molar-refractivity contribution in [3.63, 3.8) is 0 Å². The zero-order valence-corrected chi connectivity index (χ0v) is 11.4. The van der Waals surface area contributed by atoms with Crippen molar-refractivity contribution in [1.82, 2.24) is 20.2 Å². The Hall–Kier alpha value is -1.08. The average molecular weight is 266 g/mol. The molecule has 1 aliphatic heterocycles. The molecule has 0 radical (unpaired) electrons. The third-order valence-electron chi connectivity index (χ3n) is 3.09. The lowest BCUT2D eigenvalue weighted by Crippen LogP contribution is -2.43. The number of morpholine rings is 1. The van der Waals surface area contributed by atoms with Crippen LogP contribution in [0, 0.1) is 6.92 Å². The molecule has 2 rings (SSSR count). The van der Waals surface area contributed by atoms with Crippen molar-refractivity contribution in [3.05, 3.63) is 23.8 Å². The lowest BCUT2D eigenvalue weighted by atomic mass is 10.3. The number of nitrogens with one attached hydrogen (secondary N) is 1. The molecule has 19 heavy (non-hydrogen) atoms. The number of hydrogen-bond donors (Lipinski definition) is 2. The lowest BCUT2D eigenvalue weighted by molar-refractivity contribution is 0.0149. The third-order valence-corrected chi connectivity index (χ3v) is 3.09. The van der Waals surface area contributed by atoms with Crippen molar-refractivity contribution in [2.24, 2.45) is 0 Å². The van der Waals surface area contributed by atoms with E-state index in [-0.39, 0.29) is 6.10 Å². The molecule has 0 amide bonds. The van der Waals surface area contributed by atoms with E-state index >= 15 is 0 Å². The van der Waals surface area contributed by atoms with Crippen molar-refractivity contribution in [3.8, 4) is 0 Å². The second kappa shape index (κ2) is 7.49. The molecule has 1 aliphatic rings. The normalized spacial score (nSPS) is 18.4. The third kappa shape index (κ3) is 5.20. The molecule has 0 bridgehead atoms. The molecule has 6 heteroatoms. The quantitative estimate of drug-likeness (QED) is 0.728. The molecule has 1 saturated heterocycles. The molecule has 1 atom stereocenters. The van der Waals surface area contributed by atoms with Crippen LogP contribution >= 0.6 is 0 Å². The maximum absolute atomic E-state index is 9.96. The monoisotopic (exact) mass is 266 g/mol. The maximum Gasteiger partial charge on any atom is 0.125 e. The highest BCUT2D eigenvalue weighted by Gasteiger charge is 2.14. The van der Waals surface area contributed by atoms with Gasteiger partial charge in [0.25, 0.3) is 0 Å². The SMILES string of the molecule is Cc1nccc(CNCC(O)CN2CCOCC2)n1. The first-order valence-corrected chi connectivity index (χ1v) is 6.71. The molecule has 1 aromatic heterocycles. The summed E-state index contributed by atoms with van der Waals surface area (Å²) in [7, 11) is 0. The fourth-order valence-electron chi connectivity index (χ4n) is 2.12. The highest BCUT2D eigenvalue weighted by molar-refractivity contribution is 5.01. The summed E-state index contributed by atoms with van der Waals surface area (Å²) in [6.07, 6.45) is 1.39. The Morgan fingerprint density at radius 3 is 3.00 bits per heavy atom. The van der Waals surface area contributed by atoms with E-state index < -0.39 is 0 Å². The number of aryl methyl sites for hydroxylation is 1. The Morgan fingerprint density at radius 1 is 1.47 bits per heavy atom. The average Bonchev–Trinajstić information content (AvgIpc) is 2.40. The van der Waals surface area contributed by atoms with Crippen molar-refractivity contribution >= 4 is 0 Å². The van der Waals surface area contributed by atoms with Crippen LogP contribution in [-0.2, 0) is 11.3 Å². The summed E-state index contributed by atoms with van der Waals surface area (Å²) < 4.78 is 5.28. The van der Waals surface area contributed by atoms with E-state index in [9.17, 15) is 5.11 Å². The topological polar surface area (TPSA) is 70.5 Å². The first-order chi connectivity index (χ1) is 9.24. The molecule has 0 aliphatic carbocycles. The van der Waals surface area contributed by atoms with Gasteiger partial charge in [-0.3, -0.25) is 4.90 Å². The van der Waals surface area contributed by atoms with Gasteiger partial charge in [0, 0.05) is 38.9 Å². The fourth-order valence-corrected chi connectivity index (χ4v) is 2.12. The van der Waals surface area contributed by atoms with Gasteiger partial charge < -0.3 is 15.2 Å². The zero-order chi connectivity index (χ0) is 13.5. The molecule has 1 unspecified atom stereocenters. The van der Waals surface area contributed by atoms with Gasteiger partial charge in [0.1, 0.15) is 5.82 Å². The van der Waals surface area contributed by atoms with Crippen LogP contribution in [0.25, 0.3) is 0 Å². The molecule has 0 spiro atoms. The molecular weight excluding hydrogens is 244 g/mol. The van der Waals surface area contributed by atoms with E-state index in [0.29, 0.717) is 19.6 Å². The molecular formula is C13H22N4O2. The lowest BCUT2D eigenvalue weighted by Gasteiger charge is -2.28. The van der Waals surface area contributed by atoms with E-state index in [1.807, 2.05) is 13.0 Å². The highest BCUT2D eigenvalue weighted by Crippen LogP contribution is 1.99. The molecule has 1 aromatic rings. The van der Waals surface area contributed by atoms with Gasteiger partial charge in [-0.2, -0.15) is 0 Å². The Kier molecular flexibility index (Phi) is 5.65. The van der Waals surface area contributed by atoms with Crippen LogP contribution in [0.3, 0.4) is 0 Å². The number of aliphatic hydroxyl groups is 1. The summed E-state index contributed by atoms with van der Waals surface area (Å²) in [6.45, 7) is 7.13. The first-order valence-electron chi connectivity index (χ1n) is 6.71. The van der Waals surface area contributed by atoms with Crippen molar-refractivity contribution < 1.29 is 9.84 Å². The van der Waals surface area contributed by atoms with Crippen LogP contribution in [0.2, 0.25) is 0 Å². The van der Waals surface area contributed by atoms with Gasteiger partial charge >= 0.3 is 0 Å². The van der Waals surface area contributed by atoms with Gasteiger partial charge in [0.2, 0.25) is 0 Å². The van der Waals surface area contributed by atoms with Gasteiger partial charge in [0.05, 0.1) is 25.0 Å². The largest absolute Gasteiger partial charge is 0.390 e. The van der Waals surface area contributed by atoms with Crippen molar-refractivity contribution in [2.75, 3.05) is 39.4 Å². The first kappa shape index (κ1) is 14.3. The summed E-state index contributed by atoms with van der Waals surface area (Å²) in [5.41, 5.74) is 0.950. The van der Waals surface area contributed by atoms with Crippen LogP contribution < -0.4 is 5.32 Å². The number of aromatic nitrogens is 2. The number of ether oxygens (including phenoxy) is 1. The predicted molar refractivity (Wildman–Crippen MR) is 71.7 cm³/mol. The molecule has 1 fully saturated rings. The highest BCUT2D eigenvalue weighted by atomic mass is 16.5. The van der Waals surface area contributed by atoms with Crippen LogP contribution in [0.4, 0.5) is 0 Å². The van der Waals surface area contributed by atoms with E-state index in [1.165, 1.54) is 0 Å². The molecule has 2 N–H and O–H groups in total. The summed E-state index contributed by atoms with van der Waals surface area (Å²) in [4.78, 5) is 10.6. The minimum atomic E-state index is -0.360. The summed E-state index contributed by atoms with van der Waals surface area (Å²) in [5.74, 6) is 0.771. The van der Waals surface area contributed by atoms with Crippen LogP contribution in [0.5, 0.6) is 0 Å². The van der Waals surface area contributed by atoms with E-state index in [4.69, 9.17) is 4.74 Å². The van der Waals surface area contributed by atoms with Gasteiger partial charge in [-0.05, 0) is 13.0 Å². The number of nitrogens with zero attached hydrogens (tertiary/aromatic N) is 3. The molecule has 2 heterocycles. The Labute approximate surface area is 113 Å². The number of aliphatic hydroxyl groups excluding tert-OH is 1. The minimum absolute atomic E-state index is 0.360. The molecule has 106 valence electrons. The van der Waals surface area contributed by atoms with Gasteiger partial charge in [-0.1, -0.05) is 0 Å². The van der Waals surface area contributed by atoms with Crippen LogP contribution in [0.15, 0.2) is 12.3 Å². The Bertz CT molecular complexity index is 383. The van der Waals surface area contributed by atoms with Crippen molar-refractivity contribution in [2.45, 2.75) is 19.6 Å². The summed E-state index contributed by atoms with van der Waals surface area (Å²) in [5, 5.41) is 13.2. The number of hydrogen-bond acceptors (Lipinski definition) is 6. The van der Waals surface area contributed by atoms with Gasteiger partial charge in [-0.25, -0.2) is 9.97 Å². The smallest absolute Gasteiger partial charge is 0.125 e. The predicted octanol–water partition coefficient (Wildman–Crippen LogP) is -0.432. The van der Waals surface area contributed by atoms with Crippen LogP contribution in [0.1, 0.15) is 11.5 Å². The fraction of sp³-hybridized carbons (Fsp3) is 0.692. The summed E-state index contributed by atoms with van der Waals surface area (Å²) in [6, 6.07) is 1.88. The van der Waals surface area contributed by atoms with E-state index in [2.05, 4.69) is 20.2 Å². The molecule has 0 aromatic carbocycles. The second-order valence-electron chi connectivity index (χ2n) is 4.79. The van der Waals surface area contributed by atoms with Crippen LogP contribution in [-0.4, -0.2) is 65.5 Å². The Morgan fingerprint density at radius 2 is 2.26 bits per heavy atom. The Balaban J connectivity index is 1.64. The molecule has 0 saturated carbocycles.